The number of nitrogens with zero attached hydrogens (tertiary/aromatic N) is 5. The Labute approximate surface area is 156 Å². The van der Waals surface area contributed by atoms with Crippen molar-refractivity contribution in [2.75, 3.05) is 7.05 Å². The minimum Gasteiger partial charge on any atom is -0.342 e. The van der Waals surface area contributed by atoms with Gasteiger partial charge in [-0.1, -0.05) is 6.07 Å². The first-order chi connectivity index (χ1) is 12.9. The molecular weight excluding hydrogens is 352 g/mol. The van der Waals surface area contributed by atoms with Gasteiger partial charge in [0.05, 0.1) is 24.3 Å². The van der Waals surface area contributed by atoms with Crippen LogP contribution in [0.15, 0.2) is 42.9 Å². The number of imidazole rings is 1. The molecule has 1 amide bonds. The molecule has 0 N–H and O–H groups in total. The Morgan fingerprint density at radius 3 is 2.67 bits per heavy atom. The van der Waals surface area contributed by atoms with Crippen molar-refractivity contribution < 1.29 is 13.6 Å². The van der Waals surface area contributed by atoms with Crippen LogP contribution >= 0.6 is 0 Å². The van der Waals surface area contributed by atoms with Crippen molar-refractivity contribution in [2.45, 2.75) is 33.5 Å². The van der Waals surface area contributed by atoms with Crippen molar-refractivity contribution in [3.8, 4) is 0 Å². The summed E-state index contributed by atoms with van der Waals surface area (Å²) in [6.45, 7) is 1.67. The average molecular weight is 373 g/mol. The molecule has 3 rings (SSSR count). The molecule has 0 spiro atoms. The summed E-state index contributed by atoms with van der Waals surface area (Å²) in [7, 11) is 1.58. The van der Waals surface area contributed by atoms with Crippen LogP contribution in [0.25, 0.3) is 0 Å². The van der Waals surface area contributed by atoms with E-state index in [-0.39, 0.29) is 18.3 Å². The quantitative estimate of drug-likeness (QED) is 0.665. The van der Waals surface area contributed by atoms with Gasteiger partial charge in [-0.05, 0) is 32.0 Å². The standard InChI is InChI=1S/C19H21F2N5O/c1-13-10-16(14(2)26(13)11-15-6-4-5-7-22-15)18(27)24(3)12-17-23-8-9-25(17)19(20)21/h4-10,19H,11-12H2,1-3H3. The van der Waals surface area contributed by atoms with Crippen molar-refractivity contribution in [3.63, 3.8) is 0 Å². The highest BCUT2D eigenvalue weighted by Crippen LogP contribution is 2.20. The Morgan fingerprint density at radius 1 is 1.22 bits per heavy atom. The first-order valence-electron chi connectivity index (χ1n) is 8.50. The van der Waals surface area contributed by atoms with E-state index in [0.717, 1.165) is 21.6 Å². The molecule has 8 heteroatoms. The third-order valence-electron chi connectivity index (χ3n) is 4.53. The van der Waals surface area contributed by atoms with Crippen LogP contribution in [0.1, 0.15) is 39.8 Å². The number of hydrogen-bond acceptors (Lipinski definition) is 3. The summed E-state index contributed by atoms with van der Waals surface area (Å²) in [6.07, 6.45) is 4.24. The molecule has 3 heterocycles. The summed E-state index contributed by atoms with van der Waals surface area (Å²) in [6, 6.07) is 7.51. The fourth-order valence-corrected chi connectivity index (χ4v) is 3.05. The largest absolute Gasteiger partial charge is 0.342 e. The molecule has 0 radical (unpaired) electrons. The van der Waals surface area contributed by atoms with E-state index in [2.05, 4.69) is 9.97 Å². The lowest BCUT2D eigenvalue weighted by atomic mass is 10.2. The van der Waals surface area contributed by atoms with Crippen LogP contribution in [0.3, 0.4) is 0 Å². The topological polar surface area (TPSA) is 56.0 Å². The molecule has 3 aromatic heterocycles. The zero-order valence-corrected chi connectivity index (χ0v) is 15.4. The van der Waals surface area contributed by atoms with Crippen molar-refractivity contribution >= 4 is 5.91 Å². The molecule has 0 unspecified atom stereocenters. The first kappa shape index (κ1) is 18.8. The highest BCUT2D eigenvalue weighted by molar-refractivity contribution is 5.95. The van der Waals surface area contributed by atoms with Gasteiger partial charge in [0.15, 0.2) is 0 Å². The van der Waals surface area contributed by atoms with E-state index >= 15 is 0 Å². The summed E-state index contributed by atoms with van der Waals surface area (Å²) in [5, 5.41) is 0. The zero-order valence-electron chi connectivity index (χ0n) is 15.4. The molecule has 0 aliphatic heterocycles. The summed E-state index contributed by atoms with van der Waals surface area (Å²) in [5.41, 5.74) is 3.18. The first-order valence-corrected chi connectivity index (χ1v) is 8.50. The number of alkyl halides is 2. The van der Waals surface area contributed by atoms with E-state index in [4.69, 9.17) is 0 Å². The zero-order chi connectivity index (χ0) is 19.6. The Bertz CT molecular complexity index is 933. The van der Waals surface area contributed by atoms with Crippen molar-refractivity contribution in [1.29, 1.82) is 0 Å². The van der Waals surface area contributed by atoms with Crippen LogP contribution in [0.4, 0.5) is 8.78 Å². The summed E-state index contributed by atoms with van der Waals surface area (Å²) in [5.74, 6) is -0.0951. The van der Waals surface area contributed by atoms with Gasteiger partial charge in [0.1, 0.15) is 5.82 Å². The molecule has 0 aromatic carbocycles. The molecular formula is C19H21F2N5O. The van der Waals surface area contributed by atoms with Gasteiger partial charge >= 0.3 is 6.55 Å². The number of pyridine rings is 1. The second-order valence-corrected chi connectivity index (χ2v) is 6.38. The lowest BCUT2D eigenvalue weighted by Crippen LogP contribution is -2.28. The molecule has 0 bridgehead atoms. The average Bonchev–Trinajstić information content (AvgIpc) is 3.22. The van der Waals surface area contributed by atoms with Gasteiger partial charge in [-0.15, -0.1) is 0 Å². The molecule has 0 aliphatic rings. The monoisotopic (exact) mass is 373 g/mol. The number of amides is 1. The SMILES string of the molecule is Cc1cc(C(=O)N(C)Cc2nccn2C(F)F)c(C)n1Cc1ccccn1. The Kier molecular flexibility index (Phi) is 5.34. The number of carbonyl (C=O) groups excluding carboxylic acids is 1. The van der Waals surface area contributed by atoms with Crippen LogP contribution in [0.2, 0.25) is 0 Å². The Hall–Kier alpha value is -3.03. The van der Waals surface area contributed by atoms with Crippen molar-refractivity contribution in [3.05, 3.63) is 71.3 Å². The molecule has 142 valence electrons. The van der Waals surface area contributed by atoms with Crippen LogP contribution < -0.4 is 0 Å². The van der Waals surface area contributed by atoms with Gasteiger partial charge in [0, 0.05) is 37.0 Å². The van der Waals surface area contributed by atoms with Gasteiger partial charge in [0.25, 0.3) is 5.91 Å². The summed E-state index contributed by atoms with van der Waals surface area (Å²) in [4.78, 5) is 22.5. The maximum absolute atomic E-state index is 13.0. The molecule has 0 saturated carbocycles. The Morgan fingerprint density at radius 2 is 2.00 bits per heavy atom. The number of carbonyl (C=O) groups is 1. The fourth-order valence-electron chi connectivity index (χ4n) is 3.05. The lowest BCUT2D eigenvalue weighted by molar-refractivity contribution is 0.0612. The van der Waals surface area contributed by atoms with Crippen LogP contribution in [0.5, 0.6) is 0 Å². The van der Waals surface area contributed by atoms with Gasteiger partial charge < -0.3 is 9.47 Å². The van der Waals surface area contributed by atoms with Crippen molar-refractivity contribution in [1.82, 2.24) is 24.0 Å². The third kappa shape index (κ3) is 3.89. The molecule has 0 aliphatic carbocycles. The normalized spacial score (nSPS) is 11.2. The molecule has 27 heavy (non-hydrogen) atoms. The maximum Gasteiger partial charge on any atom is 0.319 e. The van der Waals surface area contributed by atoms with Gasteiger partial charge in [-0.3, -0.25) is 14.3 Å². The highest BCUT2D eigenvalue weighted by atomic mass is 19.3. The van der Waals surface area contributed by atoms with Crippen LogP contribution in [0, 0.1) is 13.8 Å². The van der Waals surface area contributed by atoms with E-state index in [0.29, 0.717) is 12.1 Å². The molecule has 0 fully saturated rings. The molecule has 0 saturated heterocycles. The second kappa shape index (κ2) is 7.69. The predicted molar refractivity (Wildman–Crippen MR) is 96.5 cm³/mol. The number of rotatable bonds is 6. The summed E-state index contributed by atoms with van der Waals surface area (Å²) >= 11 is 0. The van der Waals surface area contributed by atoms with E-state index in [1.54, 1.807) is 13.2 Å². The van der Waals surface area contributed by atoms with E-state index in [1.807, 2.05) is 42.7 Å². The number of halogens is 2. The van der Waals surface area contributed by atoms with Gasteiger partial charge in [-0.25, -0.2) is 4.98 Å². The smallest absolute Gasteiger partial charge is 0.319 e. The van der Waals surface area contributed by atoms with Crippen molar-refractivity contribution in [2.24, 2.45) is 0 Å². The van der Waals surface area contributed by atoms with Crippen LogP contribution in [-0.4, -0.2) is 37.0 Å². The molecule has 0 atom stereocenters. The van der Waals surface area contributed by atoms with E-state index in [9.17, 15) is 13.6 Å². The second-order valence-electron chi connectivity index (χ2n) is 6.38. The van der Waals surface area contributed by atoms with Gasteiger partial charge in [0.2, 0.25) is 0 Å². The molecule has 3 aromatic rings. The lowest BCUT2D eigenvalue weighted by Gasteiger charge is -2.18. The third-order valence-corrected chi connectivity index (χ3v) is 4.53. The molecule has 6 nitrogen and oxygen atoms in total. The minimum atomic E-state index is -2.69. The predicted octanol–water partition coefficient (Wildman–Crippen LogP) is 3.41. The maximum atomic E-state index is 13.0. The van der Waals surface area contributed by atoms with Gasteiger partial charge in [-0.2, -0.15) is 8.78 Å². The van der Waals surface area contributed by atoms with E-state index < -0.39 is 6.55 Å². The minimum absolute atomic E-state index is 0.0000811. The fraction of sp³-hybridized carbons (Fsp3) is 0.316. The number of hydrogen-bond donors (Lipinski definition) is 0. The summed E-state index contributed by atoms with van der Waals surface area (Å²) < 4.78 is 28.7. The number of aryl methyl sites for hydroxylation is 1. The Balaban J connectivity index is 1.80. The highest BCUT2D eigenvalue weighted by Gasteiger charge is 2.21. The van der Waals surface area contributed by atoms with E-state index in [1.165, 1.54) is 17.3 Å². The van der Waals surface area contributed by atoms with Crippen LogP contribution in [-0.2, 0) is 13.1 Å². The number of aromatic nitrogens is 4.